The first-order chi connectivity index (χ1) is 68.5. The predicted octanol–water partition coefficient (Wildman–Crippen LogP) is 40.0. The molecule has 0 saturated carbocycles. The summed E-state index contributed by atoms with van der Waals surface area (Å²) in [5.74, 6) is 0.0480. The van der Waals surface area contributed by atoms with Crippen molar-refractivity contribution in [3.8, 4) is 100 Å². The Bertz CT molecular complexity index is 8130. The zero-order valence-corrected chi connectivity index (χ0v) is 86.0. The van der Waals surface area contributed by atoms with Crippen molar-refractivity contribution in [3.05, 3.63) is 355 Å². The van der Waals surface area contributed by atoms with Gasteiger partial charge in [-0.25, -0.2) is 0 Å². The highest BCUT2D eigenvalue weighted by molar-refractivity contribution is 6.22. The van der Waals surface area contributed by atoms with E-state index >= 15 is 0 Å². The minimum absolute atomic E-state index is 0.0176. The van der Waals surface area contributed by atoms with Crippen LogP contribution < -0.4 is 0 Å². The molecule has 3 heteroatoms. The van der Waals surface area contributed by atoms with Crippen molar-refractivity contribution in [1.82, 2.24) is 0 Å². The molecule has 3 heterocycles. The summed E-state index contributed by atoms with van der Waals surface area (Å²) in [6.45, 7) is 34.4. The molecule has 0 N–H and O–H groups in total. The van der Waals surface area contributed by atoms with Gasteiger partial charge in [0.15, 0.2) is 0 Å². The number of hydrogen-bond acceptors (Lipinski definition) is 3. The molecule has 0 fully saturated rings. The van der Waals surface area contributed by atoms with E-state index in [1.54, 1.807) is 11.1 Å². The maximum atomic E-state index is 7.56. The van der Waals surface area contributed by atoms with Crippen LogP contribution in [0, 0.1) is 0 Å². The Morgan fingerprint density at radius 3 is 1.22 bits per heavy atom. The van der Waals surface area contributed by atoms with E-state index < -0.39 is 0 Å². The van der Waals surface area contributed by atoms with Crippen LogP contribution >= 0.6 is 0 Å². The summed E-state index contributed by atoms with van der Waals surface area (Å²) in [6, 6.07) is 104. The topological polar surface area (TPSA) is 39.4 Å². The predicted molar refractivity (Wildman–Crippen MR) is 596 cm³/mol. The van der Waals surface area contributed by atoms with Gasteiger partial charge in [-0.1, -0.05) is 426 Å². The van der Waals surface area contributed by atoms with E-state index in [-0.39, 0.29) is 43.8 Å². The van der Waals surface area contributed by atoms with Crippen molar-refractivity contribution >= 4 is 65.8 Å². The first kappa shape index (κ1) is 90.0. The van der Waals surface area contributed by atoms with Gasteiger partial charge in [-0.2, -0.15) is 0 Å². The van der Waals surface area contributed by atoms with Crippen molar-refractivity contribution in [2.45, 2.75) is 308 Å². The third-order valence-electron chi connectivity index (χ3n) is 36.9. The third kappa shape index (κ3) is 13.5. The average Bonchev–Trinajstić information content (AvgIpc) is 1.50. The average molecular weight is 1840 g/mol. The fourth-order valence-electron chi connectivity index (χ4n) is 29.5. The van der Waals surface area contributed by atoms with Gasteiger partial charge in [0, 0.05) is 87.3 Å². The molecule has 7 aliphatic rings. The Labute approximate surface area is 836 Å². The third-order valence-corrected chi connectivity index (χ3v) is 36.9. The smallest absolute Gasteiger partial charge is 0.144 e. The number of hydrogen-bond donors (Lipinski definition) is 0. The van der Waals surface area contributed by atoms with E-state index in [0.29, 0.717) is 0 Å². The molecule has 0 spiro atoms. The van der Waals surface area contributed by atoms with Crippen molar-refractivity contribution in [1.29, 1.82) is 0 Å². The van der Waals surface area contributed by atoms with Crippen LogP contribution in [0.5, 0.6) is 0 Å². The summed E-state index contributed by atoms with van der Waals surface area (Å²) in [4.78, 5) is 0. The largest absolute Gasteiger partial charge is 0.456 e. The molecule has 1 unspecified atom stereocenters. The van der Waals surface area contributed by atoms with E-state index in [9.17, 15) is 0 Å². The van der Waals surface area contributed by atoms with Gasteiger partial charge in [0.25, 0.3) is 0 Å². The highest BCUT2D eigenvalue weighted by atomic mass is 16.3. The molecule has 25 rings (SSSR count). The zero-order chi connectivity index (χ0) is 96.1. The highest BCUT2D eigenvalue weighted by Gasteiger charge is 2.52. The molecule has 0 saturated heterocycles. The molecule has 15 aromatic carbocycles. The van der Waals surface area contributed by atoms with Gasteiger partial charge >= 0.3 is 0 Å². The number of benzene rings is 15. The standard InChI is InChI=1S/C138H138O3/c1-15-19-23-27-41-71-137(72-42-28-24-20-16-2)106-51-37-31-45-91(106)94-65-58-86(77-115(94)137)85-57-64-92-93-66-60-89(80-109(93)133(7,8)108(92)76-85)102-81-116-121(125-100-48-34-39-53-118(100)140-130(102)125)98-63-56-84(75-114(98)138(116,73-43-29-25-21-17-3)74-44-30-26-22-18-4)55-62-90(87-59-67-95-103-82-113-104(83-112(103)134(9,10)110(95)78-87)122-107(132(113,5)6)69-70-120-123(122)99-47-33-38-52-117(99)139-120)88-61-68-97-111(79-88)136(13,14)128-124(97)126-101-49-35-40-54-119(101)141-131(126)127-96-46-32-36-50-105(96)135(11,12)129(127)128/h31-40,45-54,56-61,63-70,75-83,90H,15-30,41-44,55,62,71-74H2,1-14H3. The lowest BCUT2D eigenvalue weighted by Gasteiger charge is -2.34. The van der Waals surface area contributed by atoms with Crippen LogP contribution in [0.3, 0.4) is 0 Å². The van der Waals surface area contributed by atoms with Gasteiger partial charge in [-0.05, 0) is 283 Å². The maximum Gasteiger partial charge on any atom is 0.144 e. The number of fused-ring (bicyclic) bond motifs is 35. The minimum Gasteiger partial charge on any atom is -0.456 e. The Morgan fingerprint density at radius 1 is 0.227 bits per heavy atom. The summed E-state index contributed by atoms with van der Waals surface area (Å²) in [5.41, 5.74) is 52.8. The van der Waals surface area contributed by atoms with Gasteiger partial charge in [-0.3, -0.25) is 0 Å². The minimum atomic E-state index is -0.359. The molecule has 0 radical (unpaired) electrons. The highest BCUT2D eigenvalue weighted by Crippen LogP contribution is 2.67. The molecular weight excluding hydrogens is 1710 g/mol. The second-order valence-electron chi connectivity index (χ2n) is 46.8. The summed E-state index contributed by atoms with van der Waals surface area (Å²) in [6.07, 6.45) is 31.8. The normalized spacial score (nSPS) is 16.3. The maximum absolute atomic E-state index is 7.56. The SMILES string of the molecule is CCCCCCCC1(CCCCCCC)c2ccccc2-c2ccc(-c3ccc4c(c3)C(C)(C)c3cc(-c5cc6c(c7c5oc5ccccc57)-c5ccc(CCC(c7ccc8c(c7)C(C)(C)c7cc9c(cc7-8)C(C)(C)c7ccc8oc%10ccccc%10c8c7-9)c7ccc8c(c7)C(C)(C)c7c9c(c%10oc%11ccccc%11c%10c7-8)-c7ccccc7C9(C)C)cc5C6(CCCCCCC)CCCCCCC)ccc3-4)cc21. The molecule has 141 heavy (non-hydrogen) atoms. The van der Waals surface area contributed by atoms with Crippen LogP contribution in [0.25, 0.3) is 166 Å². The zero-order valence-electron chi connectivity index (χ0n) is 86.0. The number of para-hydroxylation sites is 3. The van der Waals surface area contributed by atoms with Crippen molar-refractivity contribution in [3.63, 3.8) is 0 Å². The van der Waals surface area contributed by atoms with E-state index in [0.717, 1.165) is 59.2 Å². The fourth-order valence-corrected chi connectivity index (χ4v) is 29.5. The lowest BCUT2D eigenvalue weighted by atomic mass is 9.69. The van der Waals surface area contributed by atoms with Gasteiger partial charge in [0.1, 0.15) is 33.5 Å². The van der Waals surface area contributed by atoms with Crippen molar-refractivity contribution in [2.75, 3.05) is 0 Å². The van der Waals surface area contributed by atoms with Gasteiger partial charge in [0.2, 0.25) is 0 Å². The number of unbranched alkanes of at least 4 members (excludes halogenated alkanes) is 16. The number of rotatable bonds is 31. The lowest BCUT2D eigenvalue weighted by Crippen LogP contribution is -2.26. The second kappa shape index (κ2) is 34.0. The molecule has 3 nitrogen and oxygen atoms in total. The quantitative estimate of drug-likeness (QED) is 0.0407. The second-order valence-corrected chi connectivity index (χ2v) is 46.8. The Kier molecular flexibility index (Phi) is 21.7. The van der Waals surface area contributed by atoms with Crippen LogP contribution in [0.4, 0.5) is 0 Å². The summed E-state index contributed by atoms with van der Waals surface area (Å²) < 4.78 is 21.5. The van der Waals surface area contributed by atoms with Crippen molar-refractivity contribution in [2.24, 2.45) is 0 Å². The van der Waals surface area contributed by atoms with Crippen LogP contribution in [-0.4, -0.2) is 0 Å². The molecule has 0 aliphatic heterocycles. The van der Waals surface area contributed by atoms with Crippen LogP contribution in [0.1, 0.15) is 358 Å². The molecular formula is C138H138O3. The van der Waals surface area contributed by atoms with Gasteiger partial charge < -0.3 is 13.3 Å². The monoisotopic (exact) mass is 1840 g/mol. The van der Waals surface area contributed by atoms with E-state index in [4.69, 9.17) is 13.3 Å². The molecule has 0 amide bonds. The molecule has 7 aliphatic carbocycles. The van der Waals surface area contributed by atoms with Crippen LogP contribution in [0.2, 0.25) is 0 Å². The molecule has 18 aromatic rings. The van der Waals surface area contributed by atoms with Crippen LogP contribution in [-0.2, 0) is 44.3 Å². The first-order valence-corrected chi connectivity index (χ1v) is 54.8. The number of furan rings is 3. The Balaban J connectivity index is 0.615. The Morgan fingerprint density at radius 2 is 0.610 bits per heavy atom. The molecule has 1 atom stereocenters. The summed E-state index contributed by atoms with van der Waals surface area (Å²) >= 11 is 0. The number of aryl methyl sites for hydroxylation is 1. The van der Waals surface area contributed by atoms with Gasteiger partial charge in [-0.15, -0.1) is 0 Å². The molecule has 3 aromatic heterocycles. The molecule has 0 bridgehead atoms. The fraction of sp³-hybridized carbons (Fsp3) is 0.348. The van der Waals surface area contributed by atoms with E-state index in [1.165, 1.54) is 357 Å². The first-order valence-electron chi connectivity index (χ1n) is 54.8. The summed E-state index contributed by atoms with van der Waals surface area (Å²) in [7, 11) is 0. The van der Waals surface area contributed by atoms with E-state index in [2.05, 4.69) is 358 Å². The van der Waals surface area contributed by atoms with Gasteiger partial charge in [0.05, 0.1) is 0 Å². The Hall–Kier alpha value is -12.3. The van der Waals surface area contributed by atoms with E-state index in [1.807, 2.05) is 0 Å². The van der Waals surface area contributed by atoms with Crippen molar-refractivity contribution < 1.29 is 13.3 Å². The summed E-state index contributed by atoms with van der Waals surface area (Å²) in [5, 5.41) is 7.34. The lowest BCUT2D eigenvalue weighted by molar-refractivity contribution is 0.399. The van der Waals surface area contributed by atoms with Crippen LogP contribution in [0.15, 0.2) is 274 Å². The molecule has 708 valence electrons.